The third-order valence-corrected chi connectivity index (χ3v) is 4.05. The van der Waals surface area contributed by atoms with Crippen molar-refractivity contribution < 1.29 is 9.59 Å². The fourth-order valence-corrected chi connectivity index (χ4v) is 2.69. The molecule has 0 spiro atoms. The third-order valence-electron chi connectivity index (χ3n) is 4.05. The zero-order valence-corrected chi connectivity index (χ0v) is 14.1. The van der Waals surface area contributed by atoms with Gasteiger partial charge in [0.15, 0.2) is 0 Å². The van der Waals surface area contributed by atoms with E-state index >= 15 is 0 Å². The van der Waals surface area contributed by atoms with Crippen LogP contribution < -0.4 is 5.32 Å². The minimum absolute atomic E-state index is 0.0291. The fourth-order valence-electron chi connectivity index (χ4n) is 2.69. The Labute approximate surface area is 147 Å². The van der Waals surface area contributed by atoms with Gasteiger partial charge >= 0.3 is 0 Å². The molecule has 0 atom stereocenters. The lowest BCUT2D eigenvalue weighted by Gasteiger charge is -2.17. The molecule has 3 aromatic carbocycles. The molecule has 0 unspecified atom stereocenters. The average molecular weight is 332 g/mol. The number of hydrogen-bond donors (Lipinski definition) is 1. The second-order valence-corrected chi connectivity index (χ2v) is 5.99. The van der Waals surface area contributed by atoms with Gasteiger partial charge in [-0.15, -0.1) is 0 Å². The lowest BCUT2D eigenvalue weighted by atomic mass is 10.1. The van der Waals surface area contributed by atoms with E-state index in [1.165, 1.54) is 10.3 Å². The molecule has 0 saturated carbocycles. The third kappa shape index (κ3) is 4.23. The number of rotatable bonds is 5. The molecule has 0 aliphatic carbocycles. The van der Waals surface area contributed by atoms with Gasteiger partial charge in [0.25, 0.3) is 5.91 Å². The van der Waals surface area contributed by atoms with Crippen molar-refractivity contribution in [1.29, 1.82) is 0 Å². The lowest BCUT2D eigenvalue weighted by molar-refractivity contribution is -0.121. The first kappa shape index (κ1) is 16.7. The zero-order valence-electron chi connectivity index (χ0n) is 14.1. The summed E-state index contributed by atoms with van der Waals surface area (Å²) in [7, 11) is 1.63. The van der Waals surface area contributed by atoms with Gasteiger partial charge in [-0.25, -0.2) is 0 Å². The van der Waals surface area contributed by atoms with Crippen LogP contribution in [0.5, 0.6) is 0 Å². The second kappa shape index (κ2) is 7.62. The minimum atomic E-state index is -0.181. The summed E-state index contributed by atoms with van der Waals surface area (Å²) in [6, 6.07) is 23.2. The summed E-state index contributed by atoms with van der Waals surface area (Å²) >= 11 is 0. The molecule has 4 nitrogen and oxygen atoms in total. The molecule has 4 heteroatoms. The van der Waals surface area contributed by atoms with E-state index in [1.807, 2.05) is 36.4 Å². The van der Waals surface area contributed by atoms with Crippen molar-refractivity contribution in [3.05, 3.63) is 83.9 Å². The average Bonchev–Trinajstić information content (AvgIpc) is 2.66. The molecular weight excluding hydrogens is 312 g/mol. The highest BCUT2D eigenvalue weighted by atomic mass is 16.2. The first-order valence-electron chi connectivity index (χ1n) is 8.18. The fraction of sp³-hybridized carbons (Fsp3) is 0.143. The van der Waals surface area contributed by atoms with Gasteiger partial charge in [-0.1, -0.05) is 54.6 Å². The molecule has 2 amide bonds. The van der Waals surface area contributed by atoms with E-state index in [9.17, 15) is 9.59 Å². The highest BCUT2D eigenvalue weighted by Gasteiger charge is 2.14. The van der Waals surface area contributed by atoms with Gasteiger partial charge in [-0.05, 0) is 34.5 Å². The van der Waals surface area contributed by atoms with Crippen LogP contribution in [0.4, 0.5) is 0 Å². The van der Waals surface area contributed by atoms with E-state index in [0.29, 0.717) is 12.1 Å². The molecule has 0 bridgehead atoms. The molecule has 25 heavy (non-hydrogen) atoms. The molecule has 0 radical (unpaired) electrons. The number of hydrogen-bond acceptors (Lipinski definition) is 2. The van der Waals surface area contributed by atoms with Crippen molar-refractivity contribution in [1.82, 2.24) is 10.2 Å². The summed E-state index contributed by atoms with van der Waals surface area (Å²) in [4.78, 5) is 25.8. The second-order valence-electron chi connectivity index (χ2n) is 5.99. The van der Waals surface area contributed by atoms with Gasteiger partial charge in [0, 0.05) is 19.2 Å². The van der Waals surface area contributed by atoms with E-state index in [-0.39, 0.29) is 18.4 Å². The van der Waals surface area contributed by atoms with Crippen molar-refractivity contribution in [3.8, 4) is 0 Å². The summed E-state index contributed by atoms with van der Waals surface area (Å²) < 4.78 is 0. The van der Waals surface area contributed by atoms with Gasteiger partial charge in [-0.2, -0.15) is 0 Å². The van der Waals surface area contributed by atoms with Gasteiger partial charge in [-0.3, -0.25) is 9.59 Å². The topological polar surface area (TPSA) is 49.4 Å². The molecule has 3 aromatic rings. The zero-order chi connectivity index (χ0) is 17.6. The predicted octanol–water partition coefficient (Wildman–Crippen LogP) is 3.23. The molecular formula is C21H20N2O2. The molecule has 3 rings (SSSR count). The predicted molar refractivity (Wildman–Crippen MR) is 99.2 cm³/mol. The van der Waals surface area contributed by atoms with Crippen LogP contribution in [0.3, 0.4) is 0 Å². The van der Waals surface area contributed by atoms with Gasteiger partial charge < -0.3 is 10.2 Å². The molecule has 0 saturated heterocycles. The van der Waals surface area contributed by atoms with Crippen molar-refractivity contribution in [2.45, 2.75) is 6.54 Å². The van der Waals surface area contributed by atoms with E-state index in [2.05, 4.69) is 17.4 Å². The molecule has 1 N–H and O–H groups in total. The number of carbonyl (C=O) groups excluding carboxylic acids is 2. The smallest absolute Gasteiger partial charge is 0.254 e. The Balaban J connectivity index is 1.56. The maximum absolute atomic E-state index is 12.2. The Morgan fingerprint density at radius 1 is 0.880 bits per heavy atom. The number of carbonyl (C=O) groups is 2. The summed E-state index contributed by atoms with van der Waals surface area (Å²) in [5.41, 5.74) is 1.61. The highest BCUT2D eigenvalue weighted by molar-refractivity contribution is 5.96. The van der Waals surface area contributed by atoms with Crippen molar-refractivity contribution in [2.24, 2.45) is 0 Å². The minimum Gasteiger partial charge on any atom is -0.350 e. The van der Waals surface area contributed by atoms with E-state index < -0.39 is 0 Å². The Hall–Kier alpha value is -3.14. The van der Waals surface area contributed by atoms with Crippen molar-refractivity contribution in [2.75, 3.05) is 13.6 Å². The van der Waals surface area contributed by atoms with Crippen LogP contribution in [0.2, 0.25) is 0 Å². The van der Waals surface area contributed by atoms with E-state index in [0.717, 1.165) is 10.9 Å². The molecule has 0 heterocycles. The Morgan fingerprint density at radius 2 is 1.56 bits per heavy atom. The van der Waals surface area contributed by atoms with Crippen molar-refractivity contribution >= 4 is 22.6 Å². The van der Waals surface area contributed by atoms with Crippen molar-refractivity contribution in [3.63, 3.8) is 0 Å². The van der Waals surface area contributed by atoms with Crippen LogP contribution in [0, 0.1) is 0 Å². The summed E-state index contributed by atoms with van der Waals surface area (Å²) in [6.45, 7) is 0.471. The number of likely N-dealkylation sites (N-methyl/N-ethyl adjacent to an activating group) is 1. The Kier molecular flexibility index (Phi) is 5.09. The van der Waals surface area contributed by atoms with Gasteiger partial charge in [0.2, 0.25) is 5.91 Å². The van der Waals surface area contributed by atoms with Crippen LogP contribution in [0.15, 0.2) is 72.8 Å². The normalized spacial score (nSPS) is 10.4. The highest BCUT2D eigenvalue weighted by Crippen LogP contribution is 2.15. The molecule has 0 aliphatic rings. The van der Waals surface area contributed by atoms with Crippen LogP contribution in [0.25, 0.3) is 10.8 Å². The first-order valence-corrected chi connectivity index (χ1v) is 8.18. The van der Waals surface area contributed by atoms with Crippen LogP contribution >= 0.6 is 0 Å². The number of benzene rings is 3. The summed E-state index contributed by atoms with van der Waals surface area (Å²) in [6.07, 6.45) is 0. The van der Waals surface area contributed by atoms with Gasteiger partial charge in [0.05, 0.1) is 6.54 Å². The molecule has 0 fully saturated rings. The number of nitrogens with zero attached hydrogens (tertiary/aromatic N) is 1. The molecule has 0 aliphatic heterocycles. The SMILES string of the molecule is CN(CC(=O)NCc1ccc2ccccc2c1)C(=O)c1ccccc1. The quantitative estimate of drug-likeness (QED) is 0.780. The largest absolute Gasteiger partial charge is 0.350 e. The monoisotopic (exact) mass is 332 g/mol. The molecule has 0 aromatic heterocycles. The van der Waals surface area contributed by atoms with E-state index in [4.69, 9.17) is 0 Å². The number of nitrogens with one attached hydrogen (secondary N) is 1. The standard InChI is InChI=1S/C21H20N2O2/c1-23(21(25)18-8-3-2-4-9-18)15-20(24)22-14-16-11-12-17-7-5-6-10-19(17)13-16/h2-13H,14-15H2,1H3,(H,22,24). The Morgan fingerprint density at radius 3 is 2.32 bits per heavy atom. The number of amides is 2. The summed E-state index contributed by atoms with van der Waals surface area (Å²) in [5.74, 6) is -0.346. The Bertz CT molecular complexity index is 891. The molecule has 126 valence electrons. The summed E-state index contributed by atoms with van der Waals surface area (Å²) in [5, 5.41) is 5.18. The first-order chi connectivity index (χ1) is 12.1. The maximum atomic E-state index is 12.2. The van der Waals surface area contributed by atoms with Crippen LogP contribution in [-0.2, 0) is 11.3 Å². The lowest BCUT2D eigenvalue weighted by Crippen LogP contribution is -2.38. The van der Waals surface area contributed by atoms with Crippen LogP contribution in [0.1, 0.15) is 15.9 Å². The maximum Gasteiger partial charge on any atom is 0.254 e. The van der Waals surface area contributed by atoms with Gasteiger partial charge in [0.1, 0.15) is 0 Å². The van der Waals surface area contributed by atoms with Crippen LogP contribution in [-0.4, -0.2) is 30.3 Å². The number of fused-ring (bicyclic) bond motifs is 1. The van der Waals surface area contributed by atoms with E-state index in [1.54, 1.807) is 31.3 Å².